The summed E-state index contributed by atoms with van der Waals surface area (Å²) in [7, 11) is 0. The van der Waals surface area contributed by atoms with Crippen molar-refractivity contribution in [2.24, 2.45) is 5.92 Å². The fraction of sp³-hybridized carbons (Fsp3) is 0.438. The Morgan fingerprint density at radius 2 is 1.91 bits per heavy atom. The van der Waals surface area contributed by atoms with Crippen molar-refractivity contribution in [1.82, 2.24) is 5.32 Å². The summed E-state index contributed by atoms with van der Waals surface area (Å²) in [5.74, 6) is -1.34. The van der Waals surface area contributed by atoms with Gasteiger partial charge in [0.05, 0.1) is 5.92 Å². The molecule has 1 N–H and O–H groups in total. The molecule has 1 aliphatic heterocycles. The molecule has 0 spiro atoms. The van der Waals surface area contributed by atoms with Gasteiger partial charge in [-0.1, -0.05) is 42.1 Å². The number of carbonyl (C=O) groups excluding carboxylic acids is 3. The summed E-state index contributed by atoms with van der Waals surface area (Å²) in [4.78, 5) is 35.7. The van der Waals surface area contributed by atoms with Crippen molar-refractivity contribution in [3.63, 3.8) is 0 Å². The first kappa shape index (κ1) is 15.2. The van der Waals surface area contributed by atoms with Crippen molar-refractivity contribution in [3.8, 4) is 0 Å². The molecule has 22 heavy (non-hydrogen) atoms. The molecule has 1 aromatic rings. The smallest absolute Gasteiger partial charge is 0.330 e. The van der Waals surface area contributed by atoms with Crippen molar-refractivity contribution in [1.29, 1.82) is 0 Å². The molecule has 2 fully saturated rings. The lowest BCUT2D eigenvalue weighted by Gasteiger charge is -2.08. The van der Waals surface area contributed by atoms with E-state index in [1.54, 1.807) is 24.3 Å². The fourth-order valence-electron chi connectivity index (χ4n) is 2.46. The van der Waals surface area contributed by atoms with E-state index in [4.69, 9.17) is 4.74 Å². The summed E-state index contributed by atoms with van der Waals surface area (Å²) in [5, 5.41) is 2.87. The SMILES string of the molecule is O=C(SC1CC1C(=O)OC(=O)[C@@H]1CCCN1)c1ccccc1. The Labute approximate surface area is 132 Å². The second-order valence-corrected chi connectivity index (χ2v) is 6.75. The van der Waals surface area contributed by atoms with Gasteiger partial charge in [-0.25, -0.2) is 4.79 Å². The minimum absolute atomic E-state index is 0.0512. The van der Waals surface area contributed by atoms with Gasteiger partial charge in [0.25, 0.3) is 0 Å². The predicted octanol–water partition coefficient (Wildman–Crippen LogP) is 1.77. The molecule has 116 valence electrons. The van der Waals surface area contributed by atoms with E-state index >= 15 is 0 Å². The molecule has 5 nitrogen and oxygen atoms in total. The molecule has 1 saturated carbocycles. The highest BCUT2D eigenvalue weighted by molar-refractivity contribution is 8.14. The topological polar surface area (TPSA) is 72.5 Å². The van der Waals surface area contributed by atoms with Gasteiger partial charge < -0.3 is 10.1 Å². The van der Waals surface area contributed by atoms with Crippen LogP contribution in [0.15, 0.2) is 30.3 Å². The number of esters is 2. The number of benzene rings is 1. The molecule has 3 atom stereocenters. The van der Waals surface area contributed by atoms with Crippen LogP contribution in [0.2, 0.25) is 0 Å². The molecule has 0 amide bonds. The Morgan fingerprint density at radius 1 is 1.14 bits per heavy atom. The van der Waals surface area contributed by atoms with Crippen LogP contribution in [0.4, 0.5) is 0 Å². The number of hydrogen-bond acceptors (Lipinski definition) is 6. The highest BCUT2D eigenvalue weighted by atomic mass is 32.2. The van der Waals surface area contributed by atoms with E-state index < -0.39 is 11.9 Å². The average Bonchev–Trinajstić information content (AvgIpc) is 3.08. The van der Waals surface area contributed by atoms with E-state index in [-0.39, 0.29) is 22.3 Å². The van der Waals surface area contributed by atoms with Crippen LogP contribution in [0.1, 0.15) is 29.6 Å². The van der Waals surface area contributed by atoms with Gasteiger partial charge in [-0.3, -0.25) is 9.59 Å². The summed E-state index contributed by atoms with van der Waals surface area (Å²) in [6.45, 7) is 0.779. The number of hydrogen-bond donors (Lipinski definition) is 1. The van der Waals surface area contributed by atoms with Gasteiger partial charge in [0, 0.05) is 10.8 Å². The van der Waals surface area contributed by atoms with Crippen LogP contribution >= 0.6 is 11.8 Å². The largest absolute Gasteiger partial charge is 0.392 e. The second kappa shape index (κ2) is 6.62. The van der Waals surface area contributed by atoms with Crippen molar-refractivity contribution >= 4 is 28.8 Å². The maximum atomic E-state index is 12.0. The predicted molar refractivity (Wildman–Crippen MR) is 82.4 cm³/mol. The summed E-state index contributed by atoms with van der Waals surface area (Å²) in [6, 6.07) is 8.60. The zero-order chi connectivity index (χ0) is 15.5. The molecule has 1 aliphatic carbocycles. The summed E-state index contributed by atoms with van der Waals surface area (Å²) in [6.07, 6.45) is 2.22. The maximum absolute atomic E-state index is 12.0. The first-order valence-electron chi connectivity index (χ1n) is 7.40. The fourth-order valence-corrected chi connectivity index (χ4v) is 3.59. The number of ether oxygens (including phenoxy) is 1. The van der Waals surface area contributed by atoms with Crippen LogP contribution in [0.25, 0.3) is 0 Å². The van der Waals surface area contributed by atoms with E-state index in [0.29, 0.717) is 18.4 Å². The molecule has 2 unspecified atom stereocenters. The Hall–Kier alpha value is -1.66. The van der Waals surface area contributed by atoms with Gasteiger partial charge in [-0.05, 0) is 25.8 Å². The van der Waals surface area contributed by atoms with E-state index in [1.807, 2.05) is 6.07 Å². The monoisotopic (exact) mass is 319 g/mol. The molecule has 1 saturated heterocycles. The van der Waals surface area contributed by atoms with E-state index in [2.05, 4.69) is 5.32 Å². The molecule has 1 heterocycles. The van der Waals surface area contributed by atoms with Gasteiger partial charge in [-0.2, -0.15) is 0 Å². The highest BCUT2D eigenvalue weighted by Crippen LogP contribution is 2.43. The zero-order valence-electron chi connectivity index (χ0n) is 12.0. The van der Waals surface area contributed by atoms with Crippen LogP contribution in [-0.2, 0) is 14.3 Å². The quantitative estimate of drug-likeness (QED) is 0.673. The van der Waals surface area contributed by atoms with E-state index in [1.165, 1.54) is 0 Å². The minimum Gasteiger partial charge on any atom is -0.392 e. The highest BCUT2D eigenvalue weighted by Gasteiger charge is 2.47. The lowest BCUT2D eigenvalue weighted by Crippen LogP contribution is -2.34. The van der Waals surface area contributed by atoms with Gasteiger partial charge in [0.1, 0.15) is 6.04 Å². The molecular formula is C16H17NO4S. The maximum Gasteiger partial charge on any atom is 0.330 e. The molecule has 1 aromatic carbocycles. The Kier molecular flexibility index (Phi) is 4.59. The van der Waals surface area contributed by atoms with Crippen LogP contribution in [0.5, 0.6) is 0 Å². The molecule has 3 rings (SSSR count). The lowest BCUT2D eigenvalue weighted by molar-refractivity contribution is -0.161. The summed E-state index contributed by atoms with van der Waals surface area (Å²) >= 11 is 1.15. The standard InChI is InChI=1S/C16H17NO4S/c18-14(21-15(19)12-7-4-8-17-12)11-9-13(11)22-16(20)10-5-2-1-3-6-10/h1-3,5-6,11-13,17H,4,7-9H2/t11?,12-,13?/m0/s1. The first-order chi connectivity index (χ1) is 10.6. The molecule has 0 aromatic heterocycles. The second-order valence-electron chi connectivity index (χ2n) is 5.54. The third-order valence-corrected chi connectivity index (χ3v) is 5.12. The third-order valence-electron chi connectivity index (χ3n) is 3.85. The van der Waals surface area contributed by atoms with Crippen molar-refractivity contribution in [2.45, 2.75) is 30.6 Å². The van der Waals surface area contributed by atoms with Gasteiger partial charge >= 0.3 is 11.9 Å². The van der Waals surface area contributed by atoms with Crippen molar-refractivity contribution in [2.75, 3.05) is 6.54 Å². The zero-order valence-corrected chi connectivity index (χ0v) is 12.8. The average molecular weight is 319 g/mol. The Bertz CT molecular complexity index is 583. The molecule has 0 bridgehead atoms. The third kappa shape index (κ3) is 3.56. The van der Waals surface area contributed by atoms with Gasteiger partial charge in [-0.15, -0.1) is 0 Å². The van der Waals surface area contributed by atoms with E-state index in [0.717, 1.165) is 24.7 Å². The number of nitrogens with one attached hydrogen (secondary N) is 1. The van der Waals surface area contributed by atoms with Gasteiger partial charge in [0.2, 0.25) is 5.12 Å². The summed E-state index contributed by atoms with van der Waals surface area (Å²) < 4.78 is 4.91. The lowest BCUT2D eigenvalue weighted by atomic mass is 10.2. The molecule has 0 radical (unpaired) electrons. The molecule has 2 aliphatic rings. The number of thioether (sulfide) groups is 1. The first-order valence-corrected chi connectivity index (χ1v) is 8.28. The summed E-state index contributed by atoms with van der Waals surface area (Å²) in [5.41, 5.74) is 0.623. The Morgan fingerprint density at radius 3 is 2.59 bits per heavy atom. The Balaban J connectivity index is 1.46. The van der Waals surface area contributed by atoms with Crippen LogP contribution in [0, 0.1) is 5.92 Å². The van der Waals surface area contributed by atoms with Gasteiger partial charge in [0.15, 0.2) is 0 Å². The van der Waals surface area contributed by atoms with Crippen molar-refractivity contribution in [3.05, 3.63) is 35.9 Å². The molecular weight excluding hydrogens is 302 g/mol. The van der Waals surface area contributed by atoms with Crippen LogP contribution < -0.4 is 5.32 Å². The minimum atomic E-state index is -0.503. The van der Waals surface area contributed by atoms with Crippen LogP contribution in [0.3, 0.4) is 0 Å². The number of carbonyl (C=O) groups is 3. The molecule has 6 heteroatoms. The number of rotatable bonds is 4. The normalized spacial score (nSPS) is 26.5. The van der Waals surface area contributed by atoms with Crippen LogP contribution in [-0.4, -0.2) is 34.9 Å². The van der Waals surface area contributed by atoms with E-state index in [9.17, 15) is 14.4 Å². The van der Waals surface area contributed by atoms with Crippen molar-refractivity contribution < 1.29 is 19.1 Å².